The molecule has 2 heterocycles. The molecule has 1 N–H and O–H groups in total. The van der Waals surface area contributed by atoms with Crippen LogP contribution in [0.2, 0.25) is 0 Å². The van der Waals surface area contributed by atoms with Gasteiger partial charge in [0.15, 0.2) is 0 Å². The molecule has 0 saturated heterocycles. The van der Waals surface area contributed by atoms with Gasteiger partial charge in [-0.15, -0.1) is 11.3 Å². The number of aromatic nitrogens is 1. The summed E-state index contributed by atoms with van der Waals surface area (Å²) < 4.78 is 4.95. The van der Waals surface area contributed by atoms with E-state index in [1.165, 1.54) is 18.4 Å². The normalized spacial score (nSPS) is 12.4. The lowest BCUT2D eigenvalue weighted by Crippen LogP contribution is -2.42. The molecule has 0 bridgehead atoms. The van der Waals surface area contributed by atoms with Crippen LogP contribution in [0.3, 0.4) is 0 Å². The maximum absolute atomic E-state index is 12.8. The van der Waals surface area contributed by atoms with Crippen molar-refractivity contribution in [3.63, 3.8) is 0 Å². The minimum atomic E-state index is -0.576. The number of esters is 1. The standard InChI is InChI=1S/C23H21N3O3S/c1-15(19(23(28)29-2)13-16-4-3-5-17(12-16)14-24)26-22(27)21-7-6-20(30-21)18-8-10-25-11-9-18/h3-12,15,19H,13H2,1-2H3,(H,26,27). The Morgan fingerprint density at radius 2 is 1.97 bits per heavy atom. The number of hydrogen-bond acceptors (Lipinski definition) is 6. The second-order valence-electron chi connectivity index (χ2n) is 6.81. The Kier molecular flexibility index (Phi) is 6.94. The smallest absolute Gasteiger partial charge is 0.311 e. The van der Waals surface area contributed by atoms with Gasteiger partial charge in [0.05, 0.1) is 29.5 Å². The van der Waals surface area contributed by atoms with Crippen LogP contribution in [0, 0.1) is 17.2 Å². The molecule has 152 valence electrons. The molecule has 3 rings (SSSR count). The molecular formula is C23H21N3O3S. The third-order valence-corrected chi connectivity index (χ3v) is 5.91. The Balaban J connectivity index is 1.73. The molecule has 2 unspecified atom stereocenters. The van der Waals surface area contributed by atoms with Crippen molar-refractivity contribution in [1.29, 1.82) is 5.26 Å². The molecule has 0 fully saturated rings. The number of thiophene rings is 1. The highest BCUT2D eigenvalue weighted by molar-refractivity contribution is 7.17. The zero-order chi connectivity index (χ0) is 21.5. The number of hydrogen-bond donors (Lipinski definition) is 1. The van der Waals surface area contributed by atoms with Crippen molar-refractivity contribution >= 4 is 23.2 Å². The van der Waals surface area contributed by atoms with Gasteiger partial charge in [-0.2, -0.15) is 5.26 Å². The van der Waals surface area contributed by atoms with E-state index in [-0.39, 0.29) is 5.91 Å². The van der Waals surface area contributed by atoms with Crippen molar-refractivity contribution in [3.05, 3.63) is 76.9 Å². The molecule has 1 aromatic carbocycles. The topological polar surface area (TPSA) is 92.1 Å². The molecule has 0 radical (unpaired) electrons. The van der Waals surface area contributed by atoms with Gasteiger partial charge < -0.3 is 10.1 Å². The molecule has 1 amide bonds. The van der Waals surface area contributed by atoms with Gasteiger partial charge in [-0.25, -0.2) is 0 Å². The van der Waals surface area contributed by atoms with Gasteiger partial charge in [0.25, 0.3) is 5.91 Å². The Morgan fingerprint density at radius 1 is 1.20 bits per heavy atom. The summed E-state index contributed by atoms with van der Waals surface area (Å²) in [6, 6.07) is 16.2. The lowest BCUT2D eigenvalue weighted by Gasteiger charge is -2.23. The minimum absolute atomic E-state index is 0.243. The largest absolute Gasteiger partial charge is 0.469 e. The zero-order valence-corrected chi connectivity index (χ0v) is 17.5. The Hall–Kier alpha value is -3.50. The van der Waals surface area contributed by atoms with E-state index in [9.17, 15) is 9.59 Å². The average Bonchev–Trinajstić information content (AvgIpc) is 3.28. The number of nitrogens with zero attached hydrogens (tertiary/aromatic N) is 2. The van der Waals surface area contributed by atoms with E-state index in [4.69, 9.17) is 10.00 Å². The maximum Gasteiger partial charge on any atom is 0.311 e. The highest BCUT2D eigenvalue weighted by atomic mass is 32.1. The van der Waals surface area contributed by atoms with E-state index in [0.29, 0.717) is 16.9 Å². The SMILES string of the molecule is COC(=O)C(Cc1cccc(C#N)c1)C(C)NC(=O)c1ccc(-c2ccncc2)s1. The summed E-state index contributed by atoms with van der Waals surface area (Å²) >= 11 is 1.38. The molecular weight excluding hydrogens is 398 g/mol. The zero-order valence-electron chi connectivity index (χ0n) is 16.7. The van der Waals surface area contributed by atoms with Crippen LogP contribution >= 0.6 is 11.3 Å². The summed E-state index contributed by atoms with van der Waals surface area (Å²) in [6.45, 7) is 1.78. The van der Waals surface area contributed by atoms with Gasteiger partial charge in [0, 0.05) is 23.3 Å². The minimum Gasteiger partial charge on any atom is -0.469 e. The number of amides is 1. The van der Waals surface area contributed by atoms with Gasteiger partial charge in [0.2, 0.25) is 0 Å². The first kappa shape index (κ1) is 21.2. The van der Waals surface area contributed by atoms with Crippen molar-refractivity contribution in [3.8, 4) is 16.5 Å². The molecule has 0 aliphatic rings. The van der Waals surface area contributed by atoms with Crippen LogP contribution in [0.15, 0.2) is 60.9 Å². The Labute approximate surface area is 179 Å². The summed E-state index contributed by atoms with van der Waals surface area (Å²) in [5.74, 6) is -1.23. The quantitative estimate of drug-likeness (QED) is 0.588. The molecule has 7 heteroatoms. The molecule has 0 saturated carbocycles. The lowest BCUT2D eigenvalue weighted by atomic mass is 9.92. The first-order chi connectivity index (χ1) is 14.5. The second-order valence-corrected chi connectivity index (χ2v) is 7.89. The van der Waals surface area contributed by atoms with Crippen LogP contribution < -0.4 is 5.32 Å². The number of rotatable bonds is 7. The summed E-state index contributed by atoms with van der Waals surface area (Å²) in [5, 5.41) is 12.0. The van der Waals surface area contributed by atoms with E-state index < -0.39 is 17.9 Å². The second kappa shape index (κ2) is 9.81. The molecule has 6 nitrogen and oxygen atoms in total. The third kappa shape index (κ3) is 5.10. The number of pyridine rings is 1. The number of carbonyl (C=O) groups excluding carboxylic acids is 2. The van der Waals surface area contributed by atoms with Gasteiger partial charge in [-0.05, 0) is 60.9 Å². The monoisotopic (exact) mass is 419 g/mol. The summed E-state index contributed by atoms with van der Waals surface area (Å²) in [4.78, 5) is 30.7. The van der Waals surface area contributed by atoms with E-state index >= 15 is 0 Å². The first-order valence-electron chi connectivity index (χ1n) is 9.39. The average molecular weight is 420 g/mol. The van der Waals surface area contributed by atoms with Gasteiger partial charge >= 0.3 is 5.97 Å². The van der Waals surface area contributed by atoms with Crippen LogP contribution in [0.5, 0.6) is 0 Å². The van der Waals surface area contributed by atoms with E-state index in [1.807, 2.05) is 24.3 Å². The van der Waals surface area contributed by atoms with Gasteiger partial charge in [0.1, 0.15) is 0 Å². The highest BCUT2D eigenvalue weighted by Crippen LogP contribution is 2.27. The Morgan fingerprint density at radius 3 is 2.67 bits per heavy atom. The molecule has 0 aliphatic carbocycles. The van der Waals surface area contributed by atoms with Crippen LogP contribution in [-0.2, 0) is 16.0 Å². The lowest BCUT2D eigenvalue weighted by molar-refractivity contribution is -0.146. The number of nitrogens with one attached hydrogen (secondary N) is 1. The summed E-state index contributed by atoms with van der Waals surface area (Å²) in [6.07, 6.45) is 3.77. The van der Waals surface area contributed by atoms with E-state index in [0.717, 1.165) is 16.0 Å². The fourth-order valence-electron chi connectivity index (χ4n) is 3.15. The number of carbonyl (C=O) groups is 2. The molecule has 3 aromatic rings. The van der Waals surface area contributed by atoms with Gasteiger partial charge in [-0.3, -0.25) is 14.6 Å². The number of nitriles is 1. The van der Waals surface area contributed by atoms with Crippen LogP contribution in [0.1, 0.15) is 27.7 Å². The maximum atomic E-state index is 12.8. The number of methoxy groups -OCH3 is 1. The fraction of sp³-hybridized carbons (Fsp3) is 0.217. The predicted molar refractivity (Wildman–Crippen MR) is 115 cm³/mol. The van der Waals surface area contributed by atoms with Gasteiger partial charge in [-0.1, -0.05) is 12.1 Å². The third-order valence-electron chi connectivity index (χ3n) is 4.77. The fourth-order valence-corrected chi connectivity index (χ4v) is 4.06. The van der Waals surface area contributed by atoms with Crippen molar-refractivity contribution in [1.82, 2.24) is 10.3 Å². The van der Waals surface area contributed by atoms with Crippen LogP contribution in [-0.4, -0.2) is 30.0 Å². The Bertz CT molecular complexity index is 1070. The number of benzene rings is 1. The molecule has 0 spiro atoms. The first-order valence-corrected chi connectivity index (χ1v) is 10.2. The van der Waals surface area contributed by atoms with Crippen molar-refractivity contribution < 1.29 is 14.3 Å². The predicted octanol–water partition coefficient (Wildman–Crippen LogP) is 3.83. The molecule has 0 aliphatic heterocycles. The molecule has 2 atom stereocenters. The molecule has 30 heavy (non-hydrogen) atoms. The van der Waals surface area contributed by atoms with Crippen LogP contribution in [0.4, 0.5) is 0 Å². The summed E-state index contributed by atoms with van der Waals surface area (Å²) in [7, 11) is 1.33. The van der Waals surface area contributed by atoms with Crippen LogP contribution in [0.25, 0.3) is 10.4 Å². The van der Waals surface area contributed by atoms with Crippen molar-refractivity contribution in [2.45, 2.75) is 19.4 Å². The summed E-state index contributed by atoms with van der Waals surface area (Å²) in [5.41, 5.74) is 2.35. The number of ether oxygens (including phenoxy) is 1. The van der Waals surface area contributed by atoms with Crippen molar-refractivity contribution in [2.24, 2.45) is 5.92 Å². The van der Waals surface area contributed by atoms with E-state index in [1.54, 1.807) is 43.6 Å². The molecule has 2 aromatic heterocycles. The highest BCUT2D eigenvalue weighted by Gasteiger charge is 2.28. The van der Waals surface area contributed by atoms with Crippen molar-refractivity contribution in [2.75, 3.05) is 7.11 Å². The van der Waals surface area contributed by atoms with E-state index in [2.05, 4.69) is 16.4 Å².